The molecule has 0 saturated heterocycles. The highest BCUT2D eigenvalue weighted by Crippen LogP contribution is 2.19. The molecule has 0 amide bonds. The summed E-state index contributed by atoms with van der Waals surface area (Å²) < 4.78 is 13.5. The minimum absolute atomic E-state index is 0.00465. The number of nitrogens with zero attached hydrogens (tertiary/aromatic N) is 1. The molecule has 0 aliphatic carbocycles. The number of aromatic nitrogens is 2. The zero-order chi connectivity index (χ0) is 10.3. The molecule has 2 aromatic rings. The predicted molar refractivity (Wildman–Crippen MR) is 55.0 cm³/mol. The Kier molecular flexibility index (Phi) is 2.28. The van der Waals surface area contributed by atoms with Crippen molar-refractivity contribution >= 4 is 38.4 Å². The molecule has 1 N–H and O–H groups in total. The van der Waals surface area contributed by atoms with Crippen LogP contribution in [0.5, 0.6) is 0 Å². The van der Waals surface area contributed by atoms with Gasteiger partial charge in [-0.25, -0.2) is 9.37 Å². The molecule has 0 radical (unpaired) electrons. The Labute approximate surface area is 91.1 Å². The van der Waals surface area contributed by atoms with Gasteiger partial charge >= 0.3 is 0 Å². The normalized spacial score (nSPS) is 10.8. The molecule has 14 heavy (non-hydrogen) atoms. The smallest absolute Gasteiger partial charge is 0.259 e. The van der Waals surface area contributed by atoms with Crippen molar-refractivity contribution < 1.29 is 4.39 Å². The third-order valence-corrected chi connectivity index (χ3v) is 2.29. The van der Waals surface area contributed by atoms with Crippen molar-refractivity contribution in [2.24, 2.45) is 0 Å². The Balaban J connectivity index is 3.02. The lowest BCUT2D eigenvalue weighted by Gasteiger charge is -1.99. The van der Waals surface area contributed by atoms with Crippen LogP contribution in [0.4, 0.5) is 4.39 Å². The van der Waals surface area contributed by atoms with Crippen molar-refractivity contribution in [2.75, 3.05) is 0 Å². The van der Waals surface area contributed by atoms with Crippen LogP contribution in [-0.4, -0.2) is 9.97 Å². The number of aromatic amines is 1. The van der Waals surface area contributed by atoms with Gasteiger partial charge in [0.25, 0.3) is 5.56 Å². The van der Waals surface area contributed by atoms with Gasteiger partial charge in [0.2, 0.25) is 0 Å². The van der Waals surface area contributed by atoms with E-state index in [1.165, 1.54) is 6.07 Å². The van der Waals surface area contributed by atoms with Gasteiger partial charge in [0.15, 0.2) is 10.6 Å². The molecule has 3 nitrogen and oxygen atoms in total. The summed E-state index contributed by atoms with van der Waals surface area (Å²) >= 11 is 8.57. The summed E-state index contributed by atoms with van der Waals surface area (Å²) in [6.45, 7) is 0. The summed E-state index contributed by atoms with van der Waals surface area (Å²) in [6, 6.07) is 2.49. The Morgan fingerprint density at radius 3 is 2.93 bits per heavy atom. The van der Waals surface area contributed by atoms with Gasteiger partial charge in [0, 0.05) is 5.02 Å². The van der Waals surface area contributed by atoms with Crippen LogP contribution >= 0.6 is 27.5 Å². The zero-order valence-electron chi connectivity index (χ0n) is 6.64. The first-order valence-corrected chi connectivity index (χ1v) is 4.79. The maximum atomic E-state index is 13.3. The zero-order valence-corrected chi connectivity index (χ0v) is 8.99. The first-order chi connectivity index (χ1) is 6.58. The number of nitrogens with one attached hydrogen (secondary N) is 1. The van der Waals surface area contributed by atoms with Crippen LogP contribution in [0.1, 0.15) is 0 Å². The molecule has 0 aliphatic rings. The fourth-order valence-electron chi connectivity index (χ4n) is 1.14. The van der Waals surface area contributed by atoms with Crippen LogP contribution in [0, 0.1) is 5.82 Å². The average Bonchev–Trinajstić information content (AvgIpc) is 2.07. The number of benzene rings is 1. The number of rotatable bonds is 0. The standard InChI is InChI=1S/C8H3BrClFN2O/c9-8-12-6-4(7(14)13-8)1-3(10)2-5(6)11/h1-2H,(H,12,13,14). The number of H-pyrrole nitrogens is 1. The van der Waals surface area contributed by atoms with E-state index in [1.54, 1.807) is 0 Å². The molecule has 0 unspecified atom stereocenters. The lowest BCUT2D eigenvalue weighted by molar-refractivity contribution is 0.636. The second kappa shape index (κ2) is 3.33. The van der Waals surface area contributed by atoms with E-state index in [9.17, 15) is 9.18 Å². The minimum Gasteiger partial charge on any atom is -0.301 e. The van der Waals surface area contributed by atoms with Gasteiger partial charge in [0.1, 0.15) is 5.52 Å². The molecule has 0 spiro atoms. The molecule has 1 aromatic carbocycles. The molecule has 1 aromatic heterocycles. The fourth-order valence-corrected chi connectivity index (χ4v) is 1.70. The van der Waals surface area contributed by atoms with Gasteiger partial charge in [-0.2, -0.15) is 0 Å². The summed E-state index contributed by atoms with van der Waals surface area (Å²) in [5.41, 5.74) is -0.423. The highest BCUT2D eigenvalue weighted by atomic mass is 79.9. The van der Waals surface area contributed by atoms with E-state index in [0.29, 0.717) is 0 Å². The molecule has 1 heterocycles. The van der Waals surface area contributed by atoms with Crippen LogP contribution in [0.25, 0.3) is 10.9 Å². The first-order valence-electron chi connectivity index (χ1n) is 3.62. The van der Waals surface area contributed by atoms with Crippen molar-refractivity contribution in [3.05, 3.63) is 38.1 Å². The summed E-state index contributed by atoms with van der Waals surface area (Å²) in [5, 5.41) is 0.308. The van der Waals surface area contributed by atoms with Gasteiger partial charge in [-0.1, -0.05) is 11.6 Å². The summed E-state index contributed by atoms with van der Waals surface area (Å²) in [5.74, 6) is -0.612. The predicted octanol–water partition coefficient (Wildman–Crippen LogP) is 2.48. The fraction of sp³-hybridized carbons (Fsp3) is 0. The molecular formula is C8H3BrClFN2O. The van der Waals surface area contributed by atoms with Crippen LogP contribution in [-0.2, 0) is 0 Å². The molecule has 0 aliphatic heterocycles. The minimum atomic E-state index is -0.612. The van der Waals surface area contributed by atoms with Crippen LogP contribution in [0.3, 0.4) is 0 Å². The third-order valence-electron chi connectivity index (χ3n) is 1.70. The number of fused-ring (bicyclic) bond motifs is 1. The molecule has 0 bridgehead atoms. The summed E-state index contributed by atoms with van der Waals surface area (Å²) in [4.78, 5) is 17.5. The van der Waals surface area contributed by atoms with Gasteiger partial charge < -0.3 is 4.98 Å². The molecular weight excluding hydrogens is 274 g/mol. The Morgan fingerprint density at radius 1 is 1.50 bits per heavy atom. The maximum Gasteiger partial charge on any atom is 0.259 e. The molecule has 6 heteroatoms. The van der Waals surface area contributed by atoms with Crippen LogP contribution in [0.15, 0.2) is 21.7 Å². The van der Waals surface area contributed by atoms with E-state index in [2.05, 4.69) is 25.9 Å². The van der Waals surface area contributed by atoms with Gasteiger partial charge in [-0.05, 0) is 28.1 Å². The Bertz CT molecular complexity index is 569. The summed E-state index contributed by atoms with van der Waals surface area (Å²) in [6.07, 6.45) is 0. The van der Waals surface area contributed by atoms with Crippen molar-refractivity contribution in [3.63, 3.8) is 0 Å². The number of hydrogen-bond donors (Lipinski definition) is 1. The van der Waals surface area contributed by atoms with Crippen LogP contribution < -0.4 is 5.56 Å². The van der Waals surface area contributed by atoms with E-state index in [1.807, 2.05) is 0 Å². The lowest BCUT2D eigenvalue weighted by atomic mass is 10.2. The van der Waals surface area contributed by atoms with E-state index < -0.39 is 11.4 Å². The van der Waals surface area contributed by atoms with E-state index in [-0.39, 0.29) is 20.7 Å². The molecule has 0 atom stereocenters. The van der Waals surface area contributed by atoms with Gasteiger partial charge in [0.05, 0.1) is 5.39 Å². The van der Waals surface area contributed by atoms with Crippen molar-refractivity contribution in [3.8, 4) is 0 Å². The average molecular weight is 277 g/mol. The van der Waals surface area contributed by atoms with E-state index in [0.717, 1.165) is 6.07 Å². The SMILES string of the molecule is O=c1[nH]c(Br)nc2c(F)cc(Cl)cc12. The molecule has 0 saturated carbocycles. The molecule has 72 valence electrons. The summed E-state index contributed by atoms with van der Waals surface area (Å²) in [7, 11) is 0. The van der Waals surface area contributed by atoms with E-state index >= 15 is 0 Å². The largest absolute Gasteiger partial charge is 0.301 e. The molecule has 0 fully saturated rings. The Morgan fingerprint density at radius 2 is 2.21 bits per heavy atom. The number of hydrogen-bond acceptors (Lipinski definition) is 2. The first kappa shape index (κ1) is 9.61. The van der Waals surface area contributed by atoms with Gasteiger partial charge in [-0.3, -0.25) is 4.79 Å². The second-order valence-corrected chi connectivity index (χ2v) is 3.83. The topological polar surface area (TPSA) is 45.8 Å². The van der Waals surface area contributed by atoms with Crippen LogP contribution in [0.2, 0.25) is 5.02 Å². The third kappa shape index (κ3) is 1.53. The number of halogens is 3. The van der Waals surface area contributed by atoms with E-state index in [4.69, 9.17) is 11.6 Å². The maximum absolute atomic E-state index is 13.3. The second-order valence-electron chi connectivity index (χ2n) is 2.64. The highest BCUT2D eigenvalue weighted by Gasteiger charge is 2.08. The quantitative estimate of drug-likeness (QED) is 0.752. The highest BCUT2D eigenvalue weighted by molar-refractivity contribution is 9.10. The van der Waals surface area contributed by atoms with Crippen molar-refractivity contribution in [2.45, 2.75) is 0 Å². The van der Waals surface area contributed by atoms with Crippen molar-refractivity contribution in [1.82, 2.24) is 9.97 Å². The Hall–Kier alpha value is -0.940. The molecule has 2 rings (SSSR count). The van der Waals surface area contributed by atoms with Gasteiger partial charge in [-0.15, -0.1) is 0 Å². The lowest BCUT2D eigenvalue weighted by Crippen LogP contribution is -2.08. The van der Waals surface area contributed by atoms with Crippen molar-refractivity contribution in [1.29, 1.82) is 0 Å². The monoisotopic (exact) mass is 276 g/mol.